The molecule has 2 aromatic rings. The molecule has 0 aliphatic rings. The van der Waals surface area contributed by atoms with E-state index in [1.165, 1.54) is 0 Å². The van der Waals surface area contributed by atoms with Crippen molar-refractivity contribution in [3.8, 4) is 0 Å². The lowest BCUT2D eigenvalue weighted by molar-refractivity contribution is -0.120. The summed E-state index contributed by atoms with van der Waals surface area (Å²) in [5.74, 6) is -0.163. The van der Waals surface area contributed by atoms with Gasteiger partial charge in [-0.15, -0.1) is 11.3 Å². The maximum atomic E-state index is 12.0. The number of carbonyl (C=O) groups is 1. The number of nitrogens with one attached hydrogen (secondary N) is 1. The number of hydrogen-bond donors (Lipinski definition) is 2. The van der Waals surface area contributed by atoms with Crippen molar-refractivity contribution in [1.82, 2.24) is 4.98 Å². The fourth-order valence-electron chi connectivity index (χ4n) is 1.50. The Labute approximate surface area is 120 Å². The highest BCUT2D eigenvalue weighted by Crippen LogP contribution is 2.30. The Hall–Kier alpha value is -1.11. The lowest BCUT2D eigenvalue weighted by Gasteiger charge is -2.21. The molecule has 102 valence electrons. The van der Waals surface area contributed by atoms with E-state index in [9.17, 15) is 4.79 Å². The van der Waals surface area contributed by atoms with E-state index in [0.717, 1.165) is 20.2 Å². The first-order valence-electron chi connectivity index (χ1n) is 6.01. The van der Waals surface area contributed by atoms with Gasteiger partial charge in [-0.2, -0.15) is 0 Å². The molecular weight excluding hydrogens is 278 g/mol. The highest BCUT2D eigenvalue weighted by atomic mass is 32.2. The van der Waals surface area contributed by atoms with Crippen LogP contribution in [0.25, 0.3) is 10.2 Å². The molecule has 1 aromatic heterocycles. The summed E-state index contributed by atoms with van der Waals surface area (Å²) in [7, 11) is 0. The van der Waals surface area contributed by atoms with Crippen LogP contribution in [0.4, 0.5) is 5.69 Å². The molecular formula is C13H17N3OS2. The third kappa shape index (κ3) is 3.08. The second-order valence-corrected chi connectivity index (χ2v) is 6.68. The highest BCUT2D eigenvalue weighted by Gasteiger charge is 2.25. The molecule has 2 rings (SSSR count). The van der Waals surface area contributed by atoms with Gasteiger partial charge in [0.15, 0.2) is 4.34 Å². The molecule has 0 radical (unpaired) electrons. The van der Waals surface area contributed by atoms with Crippen molar-refractivity contribution in [2.24, 2.45) is 5.73 Å². The van der Waals surface area contributed by atoms with Crippen LogP contribution in [-0.4, -0.2) is 22.7 Å². The van der Waals surface area contributed by atoms with Gasteiger partial charge in [0.1, 0.15) is 0 Å². The number of fused-ring (bicyclic) bond motifs is 1. The molecule has 6 heteroatoms. The van der Waals surface area contributed by atoms with Gasteiger partial charge in [-0.3, -0.25) is 4.79 Å². The Bertz CT molecular complexity index is 607. The maximum absolute atomic E-state index is 12.0. The molecule has 1 amide bonds. The predicted octanol–water partition coefficient (Wildman–Crippen LogP) is 3.08. The number of thioether (sulfide) groups is 1. The van der Waals surface area contributed by atoms with Crippen LogP contribution in [-0.2, 0) is 4.79 Å². The van der Waals surface area contributed by atoms with Gasteiger partial charge in [0.2, 0.25) is 5.91 Å². The molecule has 1 aromatic carbocycles. The van der Waals surface area contributed by atoms with Crippen molar-refractivity contribution in [2.45, 2.75) is 30.1 Å². The summed E-state index contributed by atoms with van der Waals surface area (Å²) in [5.41, 5.74) is 6.80. The van der Waals surface area contributed by atoms with E-state index in [-0.39, 0.29) is 5.91 Å². The van der Waals surface area contributed by atoms with E-state index in [0.29, 0.717) is 6.42 Å². The van der Waals surface area contributed by atoms with E-state index in [2.05, 4.69) is 10.3 Å². The van der Waals surface area contributed by atoms with Crippen LogP contribution in [0.3, 0.4) is 0 Å². The number of amides is 1. The van der Waals surface area contributed by atoms with Gasteiger partial charge >= 0.3 is 0 Å². The third-order valence-electron chi connectivity index (χ3n) is 3.05. The summed E-state index contributed by atoms with van der Waals surface area (Å²) in [4.78, 5) is 16.5. The molecule has 0 spiro atoms. The summed E-state index contributed by atoms with van der Waals surface area (Å²) in [6, 6.07) is 5.72. The molecule has 4 nitrogen and oxygen atoms in total. The molecule has 19 heavy (non-hydrogen) atoms. The molecule has 1 unspecified atom stereocenters. The van der Waals surface area contributed by atoms with Crippen LogP contribution in [0.2, 0.25) is 0 Å². The van der Waals surface area contributed by atoms with Crippen LogP contribution < -0.4 is 11.1 Å². The van der Waals surface area contributed by atoms with Crippen molar-refractivity contribution in [3.05, 3.63) is 18.2 Å². The topological polar surface area (TPSA) is 68.0 Å². The van der Waals surface area contributed by atoms with Crippen molar-refractivity contribution >= 4 is 44.9 Å². The van der Waals surface area contributed by atoms with E-state index in [1.807, 2.05) is 31.4 Å². The normalized spacial score (nSPS) is 14.3. The van der Waals surface area contributed by atoms with Gasteiger partial charge < -0.3 is 11.1 Å². The average molecular weight is 295 g/mol. The number of rotatable bonds is 4. The molecule has 3 N–H and O–H groups in total. The second-order valence-electron chi connectivity index (χ2n) is 4.59. The van der Waals surface area contributed by atoms with Crippen LogP contribution in [0.1, 0.15) is 20.3 Å². The van der Waals surface area contributed by atoms with E-state index in [4.69, 9.17) is 5.73 Å². The number of aromatic nitrogens is 1. The summed E-state index contributed by atoms with van der Waals surface area (Å²) in [6.07, 6.45) is 2.60. The number of anilines is 1. The third-order valence-corrected chi connectivity index (χ3v) is 5.06. The minimum absolute atomic E-state index is 0.163. The van der Waals surface area contributed by atoms with Crippen LogP contribution in [0, 0.1) is 0 Å². The highest BCUT2D eigenvalue weighted by molar-refractivity contribution is 8.00. The fraction of sp³-hybridized carbons (Fsp3) is 0.385. The summed E-state index contributed by atoms with van der Waals surface area (Å²) in [5, 5.41) is 2.86. The Morgan fingerprint density at radius 1 is 1.58 bits per heavy atom. The number of hydrogen-bond acceptors (Lipinski definition) is 5. The number of thiazole rings is 1. The molecule has 0 aliphatic carbocycles. The van der Waals surface area contributed by atoms with Gasteiger partial charge in [0.25, 0.3) is 0 Å². The van der Waals surface area contributed by atoms with Gasteiger partial charge in [0.05, 0.1) is 15.8 Å². The van der Waals surface area contributed by atoms with Gasteiger partial charge in [0, 0.05) is 5.69 Å². The zero-order valence-corrected chi connectivity index (χ0v) is 12.8. The standard InChI is InChI=1S/C13H17N3OS2/c1-4-13(2,14)11(17)15-8-5-6-9-10(7-8)19-12(16-9)18-3/h5-7H,4,14H2,1-3H3,(H,15,17). The predicted molar refractivity (Wildman–Crippen MR) is 82.9 cm³/mol. The molecule has 0 saturated carbocycles. The summed E-state index contributed by atoms with van der Waals surface area (Å²) < 4.78 is 2.09. The zero-order chi connectivity index (χ0) is 14.0. The molecule has 0 saturated heterocycles. The fourth-order valence-corrected chi connectivity index (χ4v) is 3.03. The molecule has 1 atom stereocenters. The van der Waals surface area contributed by atoms with Crippen molar-refractivity contribution in [3.63, 3.8) is 0 Å². The van der Waals surface area contributed by atoms with Gasteiger partial charge in [-0.25, -0.2) is 4.98 Å². The SMILES string of the molecule is CCC(C)(N)C(=O)Nc1ccc2nc(SC)sc2c1. The van der Waals surface area contributed by atoms with Crippen molar-refractivity contribution in [1.29, 1.82) is 0 Å². The zero-order valence-electron chi connectivity index (χ0n) is 11.2. The molecule has 0 aliphatic heterocycles. The van der Waals surface area contributed by atoms with E-state index < -0.39 is 5.54 Å². The van der Waals surface area contributed by atoms with Gasteiger partial charge in [-0.05, 0) is 37.8 Å². The molecule has 0 fully saturated rings. The first-order valence-corrected chi connectivity index (χ1v) is 8.05. The van der Waals surface area contributed by atoms with Crippen LogP contribution in [0.5, 0.6) is 0 Å². The van der Waals surface area contributed by atoms with Crippen LogP contribution >= 0.6 is 23.1 Å². The molecule has 0 bridgehead atoms. The average Bonchev–Trinajstić information content (AvgIpc) is 2.80. The molecule has 1 heterocycles. The number of nitrogens with zero attached hydrogens (tertiary/aromatic N) is 1. The monoisotopic (exact) mass is 295 g/mol. The Morgan fingerprint density at radius 2 is 2.32 bits per heavy atom. The second kappa shape index (κ2) is 5.48. The quantitative estimate of drug-likeness (QED) is 0.851. The van der Waals surface area contributed by atoms with Crippen molar-refractivity contribution in [2.75, 3.05) is 11.6 Å². The lowest BCUT2D eigenvalue weighted by Crippen LogP contribution is -2.47. The van der Waals surface area contributed by atoms with E-state index >= 15 is 0 Å². The van der Waals surface area contributed by atoms with Crippen molar-refractivity contribution < 1.29 is 4.79 Å². The van der Waals surface area contributed by atoms with Gasteiger partial charge in [-0.1, -0.05) is 18.7 Å². The Morgan fingerprint density at radius 3 is 2.95 bits per heavy atom. The number of benzene rings is 1. The lowest BCUT2D eigenvalue weighted by atomic mass is 9.99. The summed E-state index contributed by atoms with van der Waals surface area (Å²) in [6.45, 7) is 3.64. The summed E-state index contributed by atoms with van der Waals surface area (Å²) >= 11 is 3.24. The largest absolute Gasteiger partial charge is 0.324 e. The first-order chi connectivity index (χ1) is 8.96. The number of carbonyl (C=O) groups excluding carboxylic acids is 1. The van der Waals surface area contributed by atoms with E-state index in [1.54, 1.807) is 30.0 Å². The first kappa shape index (κ1) is 14.3. The minimum atomic E-state index is -0.840. The Kier molecular flexibility index (Phi) is 4.13. The maximum Gasteiger partial charge on any atom is 0.244 e. The smallest absolute Gasteiger partial charge is 0.244 e. The minimum Gasteiger partial charge on any atom is -0.324 e. The van der Waals surface area contributed by atoms with Crippen LogP contribution in [0.15, 0.2) is 22.5 Å². The Balaban J connectivity index is 2.24. The number of nitrogens with two attached hydrogens (primary N) is 1.